The molecule has 1 aromatic carbocycles. The molecule has 0 atom stereocenters. The Morgan fingerprint density at radius 2 is 2.00 bits per heavy atom. The number of nitrogens with zero attached hydrogens (tertiary/aromatic N) is 1. The number of carbonyl (C=O) groups excluding carboxylic acids is 2. The molecule has 2 aromatic rings. The van der Waals surface area contributed by atoms with Gasteiger partial charge in [-0.05, 0) is 6.92 Å². The average molecular weight is 306 g/mol. The zero-order valence-electron chi connectivity index (χ0n) is 11.2. The molecule has 0 radical (unpaired) electrons. The number of thiazole rings is 1. The fourth-order valence-corrected chi connectivity index (χ4v) is 2.89. The fourth-order valence-electron chi connectivity index (χ4n) is 1.64. The third kappa shape index (κ3) is 3.91. The molecule has 0 aliphatic heterocycles. The first-order valence-corrected chi connectivity index (χ1v) is 7.82. The molecule has 0 saturated heterocycles. The fraction of sp³-hybridized carbons (Fsp3) is 0.214. The van der Waals surface area contributed by atoms with Crippen molar-refractivity contribution in [3.63, 3.8) is 0 Å². The Hall–Kier alpha value is -1.66. The van der Waals surface area contributed by atoms with Crippen LogP contribution in [-0.4, -0.2) is 21.8 Å². The molecule has 6 heteroatoms. The minimum Gasteiger partial charge on any atom is -0.301 e. The molecule has 0 aliphatic carbocycles. The highest BCUT2D eigenvalue weighted by atomic mass is 32.2. The van der Waals surface area contributed by atoms with Crippen LogP contribution in [0.25, 0.3) is 11.3 Å². The van der Waals surface area contributed by atoms with E-state index in [9.17, 15) is 9.59 Å². The average Bonchev–Trinajstić information content (AvgIpc) is 2.78. The number of aromatic nitrogens is 1. The van der Waals surface area contributed by atoms with E-state index in [2.05, 4.69) is 10.3 Å². The second-order valence-corrected chi connectivity index (χ2v) is 6.47. The van der Waals surface area contributed by atoms with Crippen molar-refractivity contribution in [2.24, 2.45) is 0 Å². The van der Waals surface area contributed by atoms with E-state index in [0.717, 1.165) is 27.9 Å². The molecule has 0 unspecified atom stereocenters. The van der Waals surface area contributed by atoms with Crippen molar-refractivity contribution in [1.82, 2.24) is 4.98 Å². The van der Waals surface area contributed by atoms with Crippen LogP contribution in [0.15, 0.2) is 30.3 Å². The summed E-state index contributed by atoms with van der Waals surface area (Å²) in [5.74, 6) is -0.0900. The predicted octanol–water partition coefficient (Wildman–Crippen LogP) is 3.34. The smallest absolute Gasteiger partial charge is 0.236 e. The Morgan fingerprint density at radius 1 is 1.30 bits per heavy atom. The first-order valence-electron chi connectivity index (χ1n) is 6.02. The SMILES string of the molecule is CC(=O)SCC(=O)Nc1nc(-c2ccccc2)c(C)s1. The summed E-state index contributed by atoms with van der Waals surface area (Å²) in [5.41, 5.74) is 1.91. The summed E-state index contributed by atoms with van der Waals surface area (Å²) in [4.78, 5) is 28.0. The van der Waals surface area contributed by atoms with Crippen LogP contribution in [0.4, 0.5) is 5.13 Å². The van der Waals surface area contributed by atoms with Gasteiger partial charge in [-0.2, -0.15) is 0 Å². The van der Waals surface area contributed by atoms with Crippen LogP contribution in [0.1, 0.15) is 11.8 Å². The second-order valence-electron chi connectivity index (χ2n) is 4.12. The summed E-state index contributed by atoms with van der Waals surface area (Å²) in [7, 11) is 0. The first kappa shape index (κ1) is 14.7. The summed E-state index contributed by atoms with van der Waals surface area (Å²) in [6, 6.07) is 9.83. The highest BCUT2D eigenvalue weighted by molar-refractivity contribution is 8.14. The summed E-state index contributed by atoms with van der Waals surface area (Å²) in [6.07, 6.45) is 0. The third-order valence-electron chi connectivity index (χ3n) is 2.50. The zero-order valence-corrected chi connectivity index (χ0v) is 12.8. The number of carbonyl (C=O) groups is 2. The molecule has 0 saturated carbocycles. The van der Waals surface area contributed by atoms with E-state index < -0.39 is 0 Å². The molecule has 0 spiro atoms. The van der Waals surface area contributed by atoms with Gasteiger partial charge in [-0.15, -0.1) is 11.3 Å². The summed E-state index contributed by atoms with van der Waals surface area (Å²) < 4.78 is 0. The molecule has 0 aliphatic rings. The molecule has 0 bridgehead atoms. The summed E-state index contributed by atoms with van der Waals surface area (Å²) >= 11 is 2.43. The number of aryl methyl sites for hydroxylation is 1. The second kappa shape index (κ2) is 6.67. The minimum absolute atomic E-state index is 0.0690. The van der Waals surface area contributed by atoms with Crippen molar-refractivity contribution in [1.29, 1.82) is 0 Å². The largest absolute Gasteiger partial charge is 0.301 e. The number of thioether (sulfide) groups is 1. The van der Waals surface area contributed by atoms with Gasteiger partial charge in [-0.3, -0.25) is 9.59 Å². The number of rotatable bonds is 4. The molecule has 1 amide bonds. The lowest BCUT2D eigenvalue weighted by atomic mass is 10.1. The molecular formula is C14H14N2O2S2. The highest BCUT2D eigenvalue weighted by Crippen LogP contribution is 2.30. The van der Waals surface area contributed by atoms with Crippen molar-refractivity contribution in [3.8, 4) is 11.3 Å². The number of nitrogens with one attached hydrogen (secondary N) is 1. The topological polar surface area (TPSA) is 59.1 Å². The Bertz CT molecular complexity index is 623. The van der Waals surface area contributed by atoms with Crippen molar-refractivity contribution in [3.05, 3.63) is 35.2 Å². The maximum absolute atomic E-state index is 11.7. The van der Waals surface area contributed by atoms with Crippen molar-refractivity contribution < 1.29 is 9.59 Å². The van der Waals surface area contributed by atoms with E-state index in [1.807, 2.05) is 37.3 Å². The standard InChI is InChI=1S/C14H14N2O2S2/c1-9-13(11-6-4-3-5-7-11)16-14(20-9)15-12(18)8-19-10(2)17/h3-7H,8H2,1-2H3,(H,15,16,18). The van der Waals surface area contributed by atoms with Crippen LogP contribution in [0.2, 0.25) is 0 Å². The van der Waals surface area contributed by atoms with E-state index in [1.54, 1.807) is 0 Å². The monoisotopic (exact) mass is 306 g/mol. The van der Waals surface area contributed by atoms with E-state index in [0.29, 0.717) is 5.13 Å². The molecule has 4 nitrogen and oxygen atoms in total. The Labute approximate surface area is 125 Å². The maximum Gasteiger partial charge on any atom is 0.236 e. The van der Waals surface area contributed by atoms with Gasteiger partial charge in [0, 0.05) is 17.4 Å². The number of benzene rings is 1. The molecule has 2 rings (SSSR count). The Morgan fingerprint density at radius 3 is 2.65 bits per heavy atom. The quantitative estimate of drug-likeness (QED) is 0.941. The van der Waals surface area contributed by atoms with Crippen LogP contribution in [0.3, 0.4) is 0 Å². The van der Waals surface area contributed by atoms with Crippen molar-refractivity contribution in [2.45, 2.75) is 13.8 Å². The highest BCUT2D eigenvalue weighted by Gasteiger charge is 2.12. The van der Waals surface area contributed by atoms with Gasteiger partial charge in [0.1, 0.15) is 0 Å². The van der Waals surface area contributed by atoms with Crippen molar-refractivity contribution >= 4 is 39.3 Å². The van der Waals surface area contributed by atoms with Gasteiger partial charge in [0.05, 0.1) is 11.4 Å². The third-order valence-corrected chi connectivity index (χ3v) is 4.20. The van der Waals surface area contributed by atoms with Gasteiger partial charge in [-0.1, -0.05) is 42.1 Å². The molecule has 1 heterocycles. The van der Waals surface area contributed by atoms with Crippen LogP contribution in [0, 0.1) is 6.92 Å². The molecule has 104 valence electrons. The molecule has 1 N–H and O–H groups in total. The lowest BCUT2D eigenvalue weighted by molar-refractivity contribution is -0.114. The summed E-state index contributed by atoms with van der Waals surface area (Å²) in [5, 5.41) is 3.22. The first-order chi connectivity index (χ1) is 9.56. The van der Waals surface area contributed by atoms with Gasteiger partial charge in [0.15, 0.2) is 10.2 Å². The minimum atomic E-state index is -0.210. The normalized spacial score (nSPS) is 10.3. The lowest BCUT2D eigenvalue weighted by Crippen LogP contribution is -2.14. The zero-order chi connectivity index (χ0) is 14.5. The number of amides is 1. The van der Waals surface area contributed by atoms with Crippen LogP contribution < -0.4 is 5.32 Å². The van der Waals surface area contributed by atoms with Gasteiger partial charge < -0.3 is 5.32 Å². The summed E-state index contributed by atoms with van der Waals surface area (Å²) in [6.45, 7) is 3.42. The molecule has 20 heavy (non-hydrogen) atoms. The molecule has 1 aromatic heterocycles. The van der Waals surface area contributed by atoms with E-state index in [4.69, 9.17) is 0 Å². The van der Waals surface area contributed by atoms with Crippen LogP contribution in [-0.2, 0) is 9.59 Å². The lowest BCUT2D eigenvalue weighted by Gasteiger charge is -1.99. The van der Waals surface area contributed by atoms with E-state index >= 15 is 0 Å². The Kier molecular flexibility index (Phi) is 4.92. The molecular weight excluding hydrogens is 292 g/mol. The maximum atomic E-state index is 11.7. The Balaban J connectivity index is 2.08. The molecule has 0 fully saturated rings. The number of hydrogen-bond donors (Lipinski definition) is 1. The van der Waals surface area contributed by atoms with Gasteiger partial charge in [0.25, 0.3) is 0 Å². The van der Waals surface area contributed by atoms with Crippen LogP contribution in [0.5, 0.6) is 0 Å². The number of hydrogen-bond acceptors (Lipinski definition) is 5. The van der Waals surface area contributed by atoms with Gasteiger partial charge >= 0.3 is 0 Å². The number of anilines is 1. The predicted molar refractivity (Wildman–Crippen MR) is 84.1 cm³/mol. The van der Waals surface area contributed by atoms with E-state index in [1.165, 1.54) is 18.3 Å². The van der Waals surface area contributed by atoms with Crippen LogP contribution >= 0.6 is 23.1 Å². The van der Waals surface area contributed by atoms with Crippen molar-refractivity contribution in [2.75, 3.05) is 11.1 Å². The van der Waals surface area contributed by atoms with Gasteiger partial charge in [-0.25, -0.2) is 4.98 Å². The van der Waals surface area contributed by atoms with Gasteiger partial charge in [0.2, 0.25) is 5.91 Å². The van der Waals surface area contributed by atoms with E-state index in [-0.39, 0.29) is 16.8 Å².